The van der Waals surface area contributed by atoms with Gasteiger partial charge in [0.1, 0.15) is 11.9 Å². The van der Waals surface area contributed by atoms with Gasteiger partial charge in [0.2, 0.25) is 0 Å². The molecule has 0 aliphatic carbocycles. The summed E-state index contributed by atoms with van der Waals surface area (Å²) in [6.45, 7) is 2.94. The first-order chi connectivity index (χ1) is 6.65. The van der Waals surface area contributed by atoms with Gasteiger partial charge in [-0.1, -0.05) is 0 Å². The number of hydrogen-bond acceptors (Lipinski definition) is 4. The molecule has 1 heterocycles. The summed E-state index contributed by atoms with van der Waals surface area (Å²) in [5, 5.41) is 0. The van der Waals surface area contributed by atoms with E-state index in [9.17, 15) is 21.6 Å². The Labute approximate surface area is 84.8 Å². The highest BCUT2D eigenvalue weighted by atomic mass is 32.2. The van der Waals surface area contributed by atoms with Gasteiger partial charge in [0.05, 0.1) is 6.61 Å². The molecule has 4 nitrogen and oxygen atoms in total. The fourth-order valence-corrected chi connectivity index (χ4v) is 1.66. The summed E-state index contributed by atoms with van der Waals surface area (Å²) in [6, 6.07) is 0. The van der Waals surface area contributed by atoms with Crippen LogP contribution in [-0.2, 0) is 19.0 Å². The summed E-state index contributed by atoms with van der Waals surface area (Å²) in [5.41, 5.74) is -5.07. The number of ether oxygens (including phenoxy) is 1. The van der Waals surface area contributed by atoms with E-state index in [-0.39, 0.29) is 12.4 Å². The first kappa shape index (κ1) is 12.3. The molecule has 1 unspecified atom stereocenters. The quantitative estimate of drug-likeness (QED) is 0.548. The molecule has 0 amide bonds. The molecule has 0 aromatic carbocycles. The van der Waals surface area contributed by atoms with E-state index in [0.29, 0.717) is 5.57 Å². The van der Waals surface area contributed by atoms with Crippen molar-refractivity contribution in [1.82, 2.24) is 0 Å². The van der Waals surface area contributed by atoms with Gasteiger partial charge >= 0.3 is 15.6 Å². The third kappa shape index (κ3) is 2.43. The molecule has 0 spiro atoms. The largest absolute Gasteiger partial charge is 0.534 e. The van der Waals surface area contributed by atoms with Crippen molar-refractivity contribution in [2.24, 2.45) is 0 Å². The number of rotatable bonds is 2. The Bertz CT molecular complexity index is 382. The second-order valence-electron chi connectivity index (χ2n) is 3.08. The number of hydrogen-bond donors (Lipinski definition) is 0. The van der Waals surface area contributed by atoms with Crippen LogP contribution in [0.3, 0.4) is 0 Å². The summed E-state index contributed by atoms with van der Waals surface area (Å²) >= 11 is 0. The molecule has 88 valence electrons. The Kier molecular flexibility index (Phi) is 3.01. The third-order valence-electron chi connectivity index (χ3n) is 1.82. The van der Waals surface area contributed by atoms with Gasteiger partial charge in [0, 0.05) is 0 Å². The van der Waals surface area contributed by atoms with Crippen molar-refractivity contribution in [2.75, 3.05) is 6.61 Å². The zero-order valence-electron chi connectivity index (χ0n) is 7.96. The summed E-state index contributed by atoms with van der Waals surface area (Å²) in [5.74, 6) is -0.285. The molecule has 0 saturated heterocycles. The van der Waals surface area contributed by atoms with Crippen molar-refractivity contribution < 1.29 is 30.5 Å². The van der Waals surface area contributed by atoms with Gasteiger partial charge in [-0.2, -0.15) is 21.6 Å². The highest BCUT2D eigenvalue weighted by molar-refractivity contribution is 7.87. The Morgan fingerprint density at radius 1 is 1.47 bits per heavy atom. The fraction of sp³-hybridized carbons (Fsp3) is 0.714. The summed E-state index contributed by atoms with van der Waals surface area (Å²) in [6.07, 6.45) is -0.776. The lowest BCUT2D eigenvalue weighted by Gasteiger charge is -2.13. The van der Waals surface area contributed by atoms with Crippen molar-refractivity contribution in [2.45, 2.75) is 25.5 Å². The predicted molar refractivity (Wildman–Crippen MR) is 44.2 cm³/mol. The fourth-order valence-electron chi connectivity index (χ4n) is 1.05. The first-order valence-corrected chi connectivity index (χ1v) is 5.38. The molecule has 0 aromatic rings. The topological polar surface area (TPSA) is 52.6 Å². The maximum Gasteiger partial charge on any atom is 0.534 e. The molecule has 8 heteroatoms. The Morgan fingerprint density at radius 2 is 2.00 bits per heavy atom. The van der Waals surface area contributed by atoms with Crippen LogP contribution in [0.4, 0.5) is 13.2 Å². The predicted octanol–water partition coefficient (Wildman–Crippen LogP) is 1.55. The van der Waals surface area contributed by atoms with Crippen molar-refractivity contribution in [3.63, 3.8) is 0 Å². The van der Waals surface area contributed by atoms with Crippen molar-refractivity contribution in [3.05, 3.63) is 11.3 Å². The van der Waals surface area contributed by atoms with Gasteiger partial charge in [-0.25, -0.2) is 0 Å². The lowest BCUT2D eigenvalue weighted by atomic mass is 10.2. The normalized spacial score (nSPS) is 23.4. The second kappa shape index (κ2) is 3.67. The molecule has 1 aliphatic heterocycles. The highest BCUT2D eigenvalue weighted by Gasteiger charge is 2.49. The lowest BCUT2D eigenvalue weighted by molar-refractivity contribution is -0.0530. The van der Waals surface area contributed by atoms with Crippen LogP contribution in [0, 0.1) is 0 Å². The summed E-state index contributed by atoms with van der Waals surface area (Å²) in [4.78, 5) is 0. The Morgan fingerprint density at radius 3 is 2.33 bits per heavy atom. The van der Waals surface area contributed by atoms with Crippen LogP contribution in [0.5, 0.6) is 0 Å². The van der Waals surface area contributed by atoms with Gasteiger partial charge in [-0.05, 0) is 19.4 Å². The van der Waals surface area contributed by atoms with Crippen molar-refractivity contribution in [3.8, 4) is 0 Å². The summed E-state index contributed by atoms with van der Waals surface area (Å²) in [7, 11) is -5.58. The molecule has 0 saturated carbocycles. The van der Waals surface area contributed by atoms with Gasteiger partial charge in [-0.3, -0.25) is 0 Å². The minimum atomic E-state index is -5.58. The molecule has 0 bridgehead atoms. The van der Waals surface area contributed by atoms with Gasteiger partial charge in [0.25, 0.3) is 0 Å². The molecule has 1 aliphatic rings. The van der Waals surface area contributed by atoms with Gasteiger partial charge in [-0.15, -0.1) is 0 Å². The average Bonchev–Trinajstić information content (AvgIpc) is 2.33. The van der Waals surface area contributed by atoms with E-state index in [4.69, 9.17) is 4.74 Å². The first-order valence-electron chi connectivity index (χ1n) is 3.97. The maximum absolute atomic E-state index is 12.0. The van der Waals surface area contributed by atoms with Crippen LogP contribution in [0.25, 0.3) is 0 Å². The molecule has 15 heavy (non-hydrogen) atoms. The molecular formula is C7H9F3O4S. The number of alkyl halides is 3. The van der Waals surface area contributed by atoms with Crippen LogP contribution in [-0.4, -0.2) is 26.6 Å². The van der Waals surface area contributed by atoms with Crippen LogP contribution in [0.15, 0.2) is 11.3 Å². The van der Waals surface area contributed by atoms with E-state index < -0.39 is 21.7 Å². The molecule has 0 radical (unpaired) electrons. The van der Waals surface area contributed by atoms with E-state index in [1.807, 2.05) is 0 Å². The summed E-state index contributed by atoms with van der Waals surface area (Å²) < 4.78 is 66.1. The Balaban J connectivity index is 2.93. The van der Waals surface area contributed by atoms with Crippen LogP contribution < -0.4 is 0 Å². The van der Waals surface area contributed by atoms with Crippen molar-refractivity contribution >= 4 is 10.1 Å². The Hall–Kier alpha value is -0.760. The molecule has 1 atom stereocenters. The average molecular weight is 246 g/mol. The second-order valence-corrected chi connectivity index (χ2v) is 4.62. The zero-order chi connectivity index (χ0) is 11.9. The van der Waals surface area contributed by atoms with E-state index in [2.05, 4.69) is 4.18 Å². The molecule has 1 rings (SSSR count). The SMILES string of the molecule is CC1=C(OS(=O)(=O)C(F)(F)F)C(C)OC1. The number of halogens is 3. The highest BCUT2D eigenvalue weighted by Crippen LogP contribution is 2.31. The van der Waals surface area contributed by atoms with Gasteiger partial charge in [0.15, 0.2) is 0 Å². The molecule has 0 N–H and O–H groups in total. The third-order valence-corrected chi connectivity index (χ3v) is 2.79. The minimum Gasteiger partial charge on any atom is -0.378 e. The molecular weight excluding hydrogens is 237 g/mol. The maximum atomic E-state index is 12.0. The van der Waals surface area contributed by atoms with Crippen LogP contribution in [0.1, 0.15) is 13.8 Å². The zero-order valence-corrected chi connectivity index (χ0v) is 8.78. The van der Waals surface area contributed by atoms with Crippen LogP contribution in [0.2, 0.25) is 0 Å². The van der Waals surface area contributed by atoms with E-state index in [0.717, 1.165) is 0 Å². The molecule has 0 fully saturated rings. The van der Waals surface area contributed by atoms with Crippen LogP contribution >= 0.6 is 0 Å². The minimum absolute atomic E-state index is 0.0733. The molecule has 0 aromatic heterocycles. The standard InChI is InChI=1S/C7H9F3O4S/c1-4-3-13-5(2)6(4)14-15(11,12)7(8,9)10/h5H,3H2,1-2H3. The lowest BCUT2D eigenvalue weighted by Crippen LogP contribution is -2.27. The monoisotopic (exact) mass is 246 g/mol. The van der Waals surface area contributed by atoms with Crippen molar-refractivity contribution in [1.29, 1.82) is 0 Å². The van der Waals surface area contributed by atoms with E-state index in [1.54, 1.807) is 0 Å². The van der Waals surface area contributed by atoms with Gasteiger partial charge < -0.3 is 8.92 Å². The van der Waals surface area contributed by atoms with E-state index in [1.165, 1.54) is 13.8 Å². The smallest absolute Gasteiger partial charge is 0.378 e. The van der Waals surface area contributed by atoms with E-state index >= 15 is 0 Å².